The van der Waals surface area contributed by atoms with Crippen molar-refractivity contribution >= 4 is 5.78 Å². The van der Waals surface area contributed by atoms with Crippen molar-refractivity contribution in [2.75, 3.05) is 39.8 Å². The summed E-state index contributed by atoms with van der Waals surface area (Å²) in [5.74, 6) is 0.259. The molecule has 2 aliphatic rings. The largest absolute Gasteiger partial charge is 0.306 e. The average molecular weight is 293 g/mol. The summed E-state index contributed by atoms with van der Waals surface area (Å²) in [6, 6.07) is 0.720. The Bertz CT molecular complexity index is 364. The van der Waals surface area contributed by atoms with Gasteiger partial charge in [0.2, 0.25) is 0 Å². The lowest BCUT2D eigenvalue weighted by Gasteiger charge is -2.45. The summed E-state index contributed by atoms with van der Waals surface area (Å²) in [6.45, 7) is 9.38. The Hall–Kier alpha value is -0.710. The van der Waals surface area contributed by atoms with Crippen LogP contribution in [0.25, 0.3) is 0 Å². The maximum Gasteiger partial charge on any atom is 0.175 e. The van der Waals surface area contributed by atoms with Gasteiger partial charge in [-0.3, -0.25) is 4.79 Å². The Labute approximate surface area is 129 Å². The molecule has 2 aliphatic heterocycles. The molecular weight excluding hydrogens is 262 g/mol. The molecule has 0 aromatic rings. The molecule has 120 valence electrons. The molecule has 0 atom stereocenters. The molecule has 21 heavy (non-hydrogen) atoms. The first-order chi connectivity index (χ1) is 10.1. The van der Waals surface area contributed by atoms with Crippen molar-refractivity contribution in [2.24, 2.45) is 0 Å². The molecule has 0 radical (unpaired) electrons. The van der Waals surface area contributed by atoms with Crippen LogP contribution in [0, 0.1) is 0 Å². The molecule has 4 nitrogen and oxygen atoms in total. The second-order valence-electron chi connectivity index (χ2n) is 6.55. The monoisotopic (exact) mass is 293 g/mol. The van der Waals surface area contributed by atoms with Gasteiger partial charge in [-0.2, -0.15) is 0 Å². The van der Waals surface area contributed by atoms with Gasteiger partial charge in [0.15, 0.2) is 5.78 Å². The van der Waals surface area contributed by atoms with Crippen LogP contribution in [-0.4, -0.2) is 66.9 Å². The number of hydrogen-bond acceptors (Lipinski definition) is 4. The van der Waals surface area contributed by atoms with Gasteiger partial charge < -0.3 is 15.1 Å². The number of ketones is 1. The number of likely N-dealkylation sites (tertiary alicyclic amines) is 2. The van der Waals surface area contributed by atoms with Crippen LogP contribution in [0.2, 0.25) is 0 Å². The third-order valence-electron chi connectivity index (χ3n) is 5.16. The fraction of sp³-hybridized carbons (Fsp3) is 0.824. The summed E-state index contributed by atoms with van der Waals surface area (Å²) in [5, 5.41) is 3.48. The Morgan fingerprint density at radius 3 is 2.38 bits per heavy atom. The zero-order chi connectivity index (χ0) is 15.3. The number of piperidine rings is 2. The lowest BCUT2D eigenvalue weighted by Crippen LogP contribution is -2.59. The Morgan fingerprint density at radius 1 is 1.24 bits per heavy atom. The first kappa shape index (κ1) is 16.7. The van der Waals surface area contributed by atoms with Crippen molar-refractivity contribution in [1.82, 2.24) is 15.1 Å². The highest BCUT2D eigenvalue weighted by Crippen LogP contribution is 2.27. The van der Waals surface area contributed by atoms with Gasteiger partial charge in [-0.15, -0.1) is 0 Å². The SMILES string of the molecule is CC=CC(=O)C1(NCC)CCN(C2CCN(C)CC2)CC1. The molecule has 2 fully saturated rings. The van der Waals surface area contributed by atoms with Crippen molar-refractivity contribution in [3.63, 3.8) is 0 Å². The highest BCUT2D eigenvalue weighted by molar-refractivity contribution is 5.98. The van der Waals surface area contributed by atoms with Crippen LogP contribution in [0.15, 0.2) is 12.2 Å². The van der Waals surface area contributed by atoms with Crippen LogP contribution in [0.4, 0.5) is 0 Å². The number of nitrogens with one attached hydrogen (secondary N) is 1. The van der Waals surface area contributed by atoms with Crippen LogP contribution in [-0.2, 0) is 4.79 Å². The van der Waals surface area contributed by atoms with E-state index in [-0.39, 0.29) is 11.3 Å². The van der Waals surface area contributed by atoms with Crippen molar-refractivity contribution in [3.05, 3.63) is 12.2 Å². The van der Waals surface area contributed by atoms with E-state index >= 15 is 0 Å². The van der Waals surface area contributed by atoms with E-state index < -0.39 is 0 Å². The van der Waals surface area contributed by atoms with E-state index in [1.165, 1.54) is 25.9 Å². The summed E-state index contributed by atoms with van der Waals surface area (Å²) < 4.78 is 0. The number of carbonyl (C=O) groups excluding carboxylic acids is 1. The molecule has 4 heteroatoms. The van der Waals surface area contributed by atoms with E-state index in [0.717, 1.165) is 38.5 Å². The van der Waals surface area contributed by atoms with Gasteiger partial charge in [0.05, 0.1) is 5.54 Å². The standard InChI is InChI=1S/C17H31N3O/c1-4-6-16(21)17(18-5-2)9-13-20(14-10-17)15-7-11-19(3)12-8-15/h4,6,15,18H,5,7-14H2,1-3H3. The number of allylic oxidation sites excluding steroid dienone is 1. The molecule has 0 bridgehead atoms. The van der Waals surface area contributed by atoms with Gasteiger partial charge in [-0.1, -0.05) is 13.0 Å². The first-order valence-corrected chi connectivity index (χ1v) is 8.46. The van der Waals surface area contributed by atoms with Gasteiger partial charge in [0.25, 0.3) is 0 Å². The molecule has 0 unspecified atom stereocenters. The van der Waals surface area contributed by atoms with E-state index in [2.05, 4.69) is 29.1 Å². The van der Waals surface area contributed by atoms with Gasteiger partial charge in [-0.25, -0.2) is 0 Å². The fourth-order valence-corrected chi connectivity index (χ4v) is 3.79. The molecule has 0 aliphatic carbocycles. The first-order valence-electron chi connectivity index (χ1n) is 8.46. The lowest BCUT2D eigenvalue weighted by molar-refractivity contribution is -0.123. The predicted molar refractivity (Wildman–Crippen MR) is 87.6 cm³/mol. The van der Waals surface area contributed by atoms with Crippen molar-refractivity contribution < 1.29 is 4.79 Å². The maximum absolute atomic E-state index is 12.5. The second-order valence-corrected chi connectivity index (χ2v) is 6.55. The fourth-order valence-electron chi connectivity index (χ4n) is 3.79. The van der Waals surface area contributed by atoms with E-state index in [9.17, 15) is 4.79 Å². The average Bonchev–Trinajstić information content (AvgIpc) is 2.49. The molecule has 2 saturated heterocycles. The lowest BCUT2D eigenvalue weighted by atomic mass is 9.82. The minimum atomic E-state index is -0.316. The summed E-state index contributed by atoms with van der Waals surface area (Å²) in [5.41, 5.74) is -0.316. The highest BCUT2D eigenvalue weighted by atomic mass is 16.1. The van der Waals surface area contributed by atoms with Gasteiger partial charge in [0, 0.05) is 19.1 Å². The molecule has 0 aromatic carbocycles. The predicted octanol–water partition coefficient (Wildman–Crippen LogP) is 1.67. The number of hydrogen-bond donors (Lipinski definition) is 1. The van der Waals surface area contributed by atoms with Gasteiger partial charge in [-0.05, 0) is 65.4 Å². The third kappa shape index (κ3) is 3.93. The van der Waals surface area contributed by atoms with Gasteiger partial charge in [0.1, 0.15) is 0 Å². The number of rotatable bonds is 5. The minimum absolute atomic E-state index is 0.259. The van der Waals surface area contributed by atoms with Crippen LogP contribution >= 0.6 is 0 Å². The summed E-state index contributed by atoms with van der Waals surface area (Å²) in [4.78, 5) is 17.5. The molecule has 0 saturated carbocycles. The molecular formula is C17H31N3O. The second kappa shape index (κ2) is 7.52. The van der Waals surface area contributed by atoms with E-state index in [1.54, 1.807) is 6.08 Å². The number of likely N-dealkylation sites (N-methyl/N-ethyl adjacent to an activating group) is 1. The smallest absolute Gasteiger partial charge is 0.175 e. The molecule has 0 aromatic heterocycles. The van der Waals surface area contributed by atoms with E-state index in [4.69, 9.17) is 0 Å². The minimum Gasteiger partial charge on any atom is -0.306 e. The van der Waals surface area contributed by atoms with Gasteiger partial charge >= 0.3 is 0 Å². The zero-order valence-electron chi connectivity index (χ0n) is 13.9. The number of carbonyl (C=O) groups is 1. The quantitative estimate of drug-likeness (QED) is 0.782. The molecule has 0 spiro atoms. The van der Waals surface area contributed by atoms with Crippen LogP contribution in [0.1, 0.15) is 39.5 Å². The molecule has 2 heterocycles. The highest BCUT2D eigenvalue weighted by Gasteiger charge is 2.40. The van der Waals surface area contributed by atoms with Crippen molar-refractivity contribution in [3.8, 4) is 0 Å². The summed E-state index contributed by atoms with van der Waals surface area (Å²) in [7, 11) is 2.21. The Kier molecular flexibility index (Phi) is 5.97. The molecule has 1 N–H and O–H groups in total. The Morgan fingerprint density at radius 2 is 1.86 bits per heavy atom. The van der Waals surface area contributed by atoms with Crippen molar-refractivity contribution in [1.29, 1.82) is 0 Å². The van der Waals surface area contributed by atoms with E-state index in [0.29, 0.717) is 0 Å². The molecule has 2 rings (SSSR count). The normalized spacial score (nSPS) is 25.5. The van der Waals surface area contributed by atoms with Crippen LogP contribution in [0.5, 0.6) is 0 Å². The maximum atomic E-state index is 12.5. The molecule has 0 amide bonds. The topological polar surface area (TPSA) is 35.6 Å². The third-order valence-corrected chi connectivity index (χ3v) is 5.16. The van der Waals surface area contributed by atoms with Crippen LogP contribution < -0.4 is 5.32 Å². The zero-order valence-corrected chi connectivity index (χ0v) is 13.9. The van der Waals surface area contributed by atoms with Crippen molar-refractivity contribution in [2.45, 2.75) is 51.1 Å². The van der Waals surface area contributed by atoms with E-state index in [1.807, 2.05) is 13.0 Å². The number of nitrogens with zero attached hydrogens (tertiary/aromatic N) is 2. The summed E-state index contributed by atoms with van der Waals surface area (Å²) in [6.07, 6.45) is 8.03. The van der Waals surface area contributed by atoms with Crippen LogP contribution in [0.3, 0.4) is 0 Å². The Balaban J connectivity index is 1.94. The summed E-state index contributed by atoms with van der Waals surface area (Å²) >= 11 is 0.